The molecule has 5 nitrogen and oxygen atoms in total. The Morgan fingerprint density at radius 1 is 1.00 bits per heavy atom. The molecule has 0 aliphatic carbocycles. The van der Waals surface area contributed by atoms with Crippen LogP contribution < -0.4 is 9.67 Å². The number of hydrogen-bond acceptors (Lipinski definition) is 5. The molecule has 0 atom stereocenters. The Morgan fingerprint density at radius 3 is 1.82 bits per heavy atom. The molecule has 1 aromatic rings. The summed E-state index contributed by atoms with van der Waals surface area (Å²) in [5.41, 5.74) is 0. The Labute approximate surface area is 73.4 Å². The Bertz CT molecular complexity index is 230. The Balaban J connectivity index is 3.02. The molecule has 0 radical (unpaired) electrons. The monoisotopic (exact) mass is 193 g/mol. The third-order valence-electron chi connectivity index (χ3n) is 0.916. The van der Waals surface area contributed by atoms with Gasteiger partial charge in [-0.25, -0.2) is 0 Å². The minimum absolute atomic E-state index is 0.266. The molecule has 0 saturated carbocycles. The Morgan fingerprint density at radius 2 is 1.45 bits per heavy atom. The molecule has 0 aliphatic rings. The number of aromatic nitrogens is 3. The first-order chi connectivity index (χ1) is 5.26. The first-order valence-electron chi connectivity index (χ1n) is 2.72. The highest BCUT2D eigenvalue weighted by Crippen LogP contribution is 2.05. The number of rotatable bonds is 2. The van der Waals surface area contributed by atoms with Crippen molar-refractivity contribution in [2.75, 3.05) is 9.67 Å². The van der Waals surface area contributed by atoms with E-state index in [-0.39, 0.29) is 11.9 Å². The first kappa shape index (κ1) is 8.29. The van der Waals surface area contributed by atoms with Crippen molar-refractivity contribution in [2.45, 2.75) is 6.92 Å². The molecule has 0 fully saturated rings. The average molecular weight is 194 g/mol. The summed E-state index contributed by atoms with van der Waals surface area (Å²) >= 11 is 10.5. The zero-order chi connectivity index (χ0) is 8.27. The lowest BCUT2D eigenvalue weighted by molar-refractivity contribution is 1.000. The molecular formula is C4H5Cl2N5. The molecule has 1 heterocycles. The van der Waals surface area contributed by atoms with Gasteiger partial charge in [-0.15, -0.1) is 0 Å². The van der Waals surface area contributed by atoms with E-state index < -0.39 is 0 Å². The van der Waals surface area contributed by atoms with Crippen molar-refractivity contribution in [2.24, 2.45) is 0 Å². The zero-order valence-electron chi connectivity index (χ0n) is 5.60. The number of nitrogens with zero attached hydrogens (tertiary/aromatic N) is 3. The maximum Gasteiger partial charge on any atom is 0.242 e. The van der Waals surface area contributed by atoms with Gasteiger partial charge in [-0.1, -0.05) is 0 Å². The van der Waals surface area contributed by atoms with Crippen molar-refractivity contribution >= 4 is 35.5 Å². The highest BCUT2D eigenvalue weighted by molar-refractivity contribution is 6.24. The lowest BCUT2D eigenvalue weighted by Gasteiger charge is -1.99. The molecule has 11 heavy (non-hydrogen) atoms. The van der Waals surface area contributed by atoms with Gasteiger partial charge in [-0.05, 0) is 6.92 Å². The predicted molar refractivity (Wildman–Crippen MR) is 43.5 cm³/mol. The predicted octanol–water partition coefficient (Wildman–Crippen LogP) is 1.31. The van der Waals surface area contributed by atoms with Crippen LogP contribution in [-0.4, -0.2) is 15.0 Å². The van der Waals surface area contributed by atoms with Crippen molar-refractivity contribution < 1.29 is 0 Å². The van der Waals surface area contributed by atoms with Crippen molar-refractivity contribution in [3.63, 3.8) is 0 Å². The van der Waals surface area contributed by atoms with E-state index in [1.807, 2.05) is 0 Å². The molecule has 0 bridgehead atoms. The van der Waals surface area contributed by atoms with Gasteiger partial charge in [0.2, 0.25) is 11.9 Å². The fourth-order valence-electron chi connectivity index (χ4n) is 0.566. The van der Waals surface area contributed by atoms with E-state index in [9.17, 15) is 0 Å². The molecule has 0 aliphatic heterocycles. The SMILES string of the molecule is Cc1nc(NCl)nc(NCl)n1. The van der Waals surface area contributed by atoms with Gasteiger partial charge < -0.3 is 0 Å². The van der Waals surface area contributed by atoms with Gasteiger partial charge in [0.05, 0.1) is 0 Å². The Hall–Kier alpha value is -0.810. The van der Waals surface area contributed by atoms with Crippen LogP contribution in [0.25, 0.3) is 0 Å². The topological polar surface area (TPSA) is 62.7 Å². The van der Waals surface area contributed by atoms with Gasteiger partial charge in [0.15, 0.2) is 0 Å². The molecule has 1 aromatic heterocycles. The standard InChI is InChI=1S/C4H5Cl2N5/c1-2-7-3(10-5)9-4(8-2)11-6/h1H3,(H2,7,8,9,10,11). The normalized spacial score (nSPS) is 9.36. The molecule has 1 rings (SSSR count). The maximum absolute atomic E-state index is 5.25. The fourth-order valence-corrected chi connectivity index (χ4v) is 0.735. The number of nitrogens with one attached hydrogen (secondary N) is 2. The summed E-state index contributed by atoms with van der Waals surface area (Å²) in [5.74, 6) is 1.07. The second-order valence-corrected chi connectivity index (χ2v) is 2.10. The molecule has 0 unspecified atom stereocenters. The summed E-state index contributed by atoms with van der Waals surface area (Å²) in [5, 5.41) is 0. The van der Waals surface area contributed by atoms with Crippen molar-refractivity contribution in [3.05, 3.63) is 5.82 Å². The van der Waals surface area contributed by atoms with Crippen LogP contribution in [-0.2, 0) is 0 Å². The minimum Gasteiger partial charge on any atom is -0.266 e. The quantitative estimate of drug-likeness (QED) is 0.695. The largest absolute Gasteiger partial charge is 0.266 e. The molecule has 2 N–H and O–H groups in total. The van der Waals surface area contributed by atoms with Crippen LogP contribution in [0.1, 0.15) is 5.82 Å². The molecule has 7 heteroatoms. The lowest BCUT2D eigenvalue weighted by atomic mass is 10.7. The van der Waals surface area contributed by atoms with Crippen LogP contribution in [0.2, 0.25) is 0 Å². The van der Waals surface area contributed by atoms with E-state index in [1.54, 1.807) is 6.92 Å². The molecule has 0 spiro atoms. The van der Waals surface area contributed by atoms with Crippen LogP contribution in [0.4, 0.5) is 11.9 Å². The average Bonchev–Trinajstić information content (AvgIpc) is 2.03. The van der Waals surface area contributed by atoms with Crippen molar-refractivity contribution in [1.82, 2.24) is 15.0 Å². The third-order valence-corrected chi connectivity index (χ3v) is 1.25. The van der Waals surface area contributed by atoms with Gasteiger partial charge in [0, 0.05) is 23.6 Å². The highest BCUT2D eigenvalue weighted by Gasteiger charge is 1.99. The van der Waals surface area contributed by atoms with Gasteiger partial charge in [0.25, 0.3) is 0 Å². The van der Waals surface area contributed by atoms with E-state index in [1.165, 1.54) is 0 Å². The van der Waals surface area contributed by atoms with Gasteiger partial charge in [-0.3, -0.25) is 9.67 Å². The van der Waals surface area contributed by atoms with Crippen LogP contribution in [0.3, 0.4) is 0 Å². The van der Waals surface area contributed by atoms with E-state index >= 15 is 0 Å². The van der Waals surface area contributed by atoms with Crippen LogP contribution in [0.15, 0.2) is 0 Å². The summed E-state index contributed by atoms with van der Waals surface area (Å²) in [6.45, 7) is 1.71. The molecule has 60 valence electrons. The van der Waals surface area contributed by atoms with Crippen molar-refractivity contribution in [3.8, 4) is 0 Å². The van der Waals surface area contributed by atoms with Gasteiger partial charge in [0.1, 0.15) is 5.82 Å². The Kier molecular flexibility index (Phi) is 2.67. The third kappa shape index (κ3) is 2.06. The number of anilines is 2. The smallest absolute Gasteiger partial charge is 0.242 e. The number of hydrogen-bond donors (Lipinski definition) is 2. The maximum atomic E-state index is 5.25. The second kappa shape index (κ2) is 3.54. The van der Waals surface area contributed by atoms with Crippen molar-refractivity contribution in [1.29, 1.82) is 0 Å². The molecule has 0 aromatic carbocycles. The number of aryl methyl sites for hydroxylation is 1. The summed E-state index contributed by atoms with van der Waals surface area (Å²) in [4.78, 5) is 15.9. The number of halogens is 2. The summed E-state index contributed by atoms with van der Waals surface area (Å²) in [6, 6.07) is 0. The van der Waals surface area contributed by atoms with Crippen LogP contribution in [0, 0.1) is 6.92 Å². The summed E-state index contributed by atoms with van der Waals surface area (Å²) < 4.78 is 0. The first-order valence-corrected chi connectivity index (χ1v) is 3.48. The zero-order valence-corrected chi connectivity index (χ0v) is 7.11. The molecule has 0 amide bonds. The molecular weight excluding hydrogens is 189 g/mol. The lowest BCUT2D eigenvalue weighted by Crippen LogP contribution is -2.00. The van der Waals surface area contributed by atoms with Gasteiger partial charge in [-0.2, -0.15) is 15.0 Å². The summed E-state index contributed by atoms with van der Waals surface area (Å²) in [7, 11) is 0. The van der Waals surface area contributed by atoms with Crippen LogP contribution >= 0.6 is 23.6 Å². The van der Waals surface area contributed by atoms with E-state index in [2.05, 4.69) is 24.6 Å². The summed E-state index contributed by atoms with van der Waals surface area (Å²) in [6.07, 6.45) is 0. The van der Waals surface area contributed by atoms with Crippen LogP contribution in [0.5, 0.6) is 0 Å². The van der Waals surface area contributed by atoms with E-state index in [0.717, 1.165) is 0 Å². The minimum atomic E-state index is 0.266. The van der Waals surface area contributed by atoms with Gasteiger partial charge >= 0.3 is 0 Å². The van der Waals surface area contributed by atoms with E-state index in [4.69, 9.17) is 23.6 Å². The van der Waals surface area contributed by atoms with E-state index in [0.29, 0.717) is 5.82 Å². The fraction of sp³-hybridized carbons (Fsp3) is 0.250. The molecule has 0 saturated heterocycles. The highest BCUT2D eigenvalue weighted by atomic mass is 35.5. The second-order valence-electron chi connectivity index (χ2n) is 1.72.